The predicted molar refractivity (Wildman–Crippen MR) is 95.0 cm³/mol. The molecule has 1 aromatic rings. The van der Waals surface area contributed by atoms with Gasteiger partial charge in [0.1, 0.15) is 0 Å². The van der Waals surface area contributed by atoms with E-state index in [0.717, 1.165) is 0 Å². The molecule has 0 bridgehead atoms. The summed E-state index contributed by atoms with van der Waals surface area (Å²) in [6, 6.07) is 11.5. The Morgan fingerprint density at radius 3 is 1.74 bits per heavy atom. The van der Waals surface area contributed by atoms with Crippen LogP contribution in [0.4, 0.5) is 0 Å². The predicted octanol–water partition coefficient (Wildman–Crippen LogP) is 1.98. The normalized spacial score (nSPS) is 10.4. The number of unbranched alkanes of at least 4 members (excludes halogenated alkanes) is 3. The summed E-state index contributed by atoms with van der Waals surface area (Å²) < 4.78 is 0. The molecule has 0 amide bonds. The van der Waals surface area contributed by atoms with Gasteiger partial charge in [0, 0.05) is 19.5 Å². The van der Waals surface area contributed by atoms with Crippen LogP contribution in [-0.2, 0) is 49.5 Å². The SMILES string of the molecule is CCCCCCc1[c-]cccc1.OP(O)(O)=S.OP(O)(O)=S.[Zn]. The van der Waals surface area contributed by atoms with Crippen molar-refractivity contribution in [2.75, 3.05) is 0 Å². The molecule has 1 aromatic carbocycles. The third-order valence-corrected chi connectivity index (χ3v) is 2.07. The maximum Gasteiger partial charge on any atom is 0.319 e. The minimum absolute atomic E-state index is 0. The van der Waals surface area contributed by atoms with Gasteiger partial charge < -0.3 is 29.4 Å². The molecule has 1 rings (SSSR count). The maximum atomic E-state index is 7.56. The summed E-state index contributed by atoms with van der Waals surface area (Å²) in [5, 5.41) is 0. The molecule has 23 heavy (non-hydrogen) atoms. The molecular weight excluding hydrogens is 432 g/mol. The van der Waals surface area contributed by atoms with Gasteiger partial charge in [0.15, 0.2) is 0 Å². The van der Waals surface area contributed by atoms with E-state index in [9.17, 15) is 0 Å². The summed E-state index contributed by atoms with van der Waals surface area (Å²) in [5.74, 6) is 0. The number of benzene rings is 1. The van der Waals surface area contributed by atoms with Gasteiger partial charge in [-0.2, -0.15) is 35.9 Å². The molecule has 6 nitrogen and oxygen atoms in total. The van der Waals surface area contributed by atoms with Crippen molar-refractivity contribution in [1.82, 2.24) is 0 Å². The third-order valence-electron chi connectivity index (χ3n) is 2.07. The van der Waals surface area contributed by atoms with E-state index in [-0.39, 0.29) is 19.5 Å². The topological polar surface area (TPSA) is 121 Å². The number of aryl methyl sites for hydroxylation is 1. The van der Waals surface area contributed by atoms with Gasteiger partial charge in [-0.3, -0.25) is 0 Å². The van der Waals surface area contributed by atoms with E-state index in [4.69, 9.17) is 29.4 Å². The molecular formula is C12H23O6P2S2Zn-. The average molecular weight is 455 g/mol. The second-order valence-corrected chi connectivity index (χ2v) is 9.22. The van der Waals surface area contributed by atoms with Crippen molar-refractivity contribution in [3.8, 4) is 0 Å². The van der Waals surface area contributed by atoms with E-state index < -0.39 is 13.4 Å². The van der Waals surface area contributed by atoms with Gasteiger partial charge in [-0.15, -0.1) is 0 Å². The van der Waals surface area contributed by atoms with Gasteiger partial charge in [0.05, 0.1) is 0 Å². The molecule has 0 saturated heterocycles. The Morgan fingerprint density at radius 1 is 0.913 bits per heavy atom. The Morgan fingerprint density at radius 2 is 1.39 bits per heavy atom. The van der Waals surface area contributed by atoms with E-state index in [2.05, 4.69) is 48.7 Å². The van der Waals surface area contributed by atoms with Crippen molar-refractivity contribution in [3.63, 3.8) is 0 Å². The smallest absolute Gasteiger partial charge is 0.319 e. The minimum Gasteiger partial charge on any atom is -0.325 e. The Balaban J connectivity index is -0.000000307. The molecule has 0 spiro atoms. The van der Waals surface area contributed by atoms with Crippen LogP contribution in [0.2, 0.25) is 0 Å². The standard InChI is InChI=1S/C12H17.2H3O3PS.Zn/c1-2-3-4-6-9-12-10-7-5-8-11-12;2*1-4(2,3)5;/h5,7-8,10H,2-4,6,9H2,1H3;2*(H3,1,2,3,5);/q-1;;;. The van der Waals surface area contributed by atoms with Crippen LogP contribution >= 0.6 is 13.4 Å². The van der Waals surface area contributed by atoms with Gasteiger partial charge in [-0.25, -0.2) is 0 Å². The second-order valence-electron chi connectivity index (χ2n) is 4.23. The molecule has 0 atom stereocenters. The summed E-state index contributed by atoms with van der Waals surface area (Å²) >= 11 is 7.21. The summed E-state index contributed by atoms with van der Waals surface area (Å²) in [6.07, 6.45) is 6.56. The Labute approximate surface area is 160 Å². The maximum absolute atomic E-state index is 7.56. The summed E-state index contributed by atoms with van der Waals surface area (Å²) in [4.78, 5) is 45.3. The molecule has 6 N–H and O–H groups in total. The van der Waals surface area contributed by atoms with E-state index in [1.807, 2.05) is 12.1 Å². The zero-order valence-corrected chi connectivity index (χ0v) is 19.3. The molecule has 0 fully saturated rings. The van der Waals surface area contributed by atoms with Crippen LogP contribution < -0.4 is 0 Å². The van der Waals surface area contributed by atoms with Crippen LogP contribution in [0.5, 0.6) is 0 Å². The molecule has 0 aliphatic carbocycles. The van der Waals surface area contributed by atoms with Crippen molar-refractivity contribution in [1.29, 1.82) is 0 Å². The first kappa shape index (κ1) is 28.7. The molecule has 0 unspecified atom stereocenters. The van der Waals surface area contributed by atoms with E-state index in [1.54, 1.807) is 0 Å². The Bertz CT molecular complexity index is 429. The van der Waals surface area contributed by atoms with E-state index >= 15 is 0 Å². The van der Waals surface area contributed by atoms with Gasteiger partial charge in [0.25, 0.3) is 0 Å². The van der Waals surface area contributed by atoms with Crippen molar-refractivity contribution < 1.29 is 48.8 Å². The van der Waals surface area contributed by atoms with Crippen molar-refractivity contribution in [2.24, 2.45) is 0 Å². The van der Waals surface area contributed by atoms with Gasteiger partial charge in [-0.1, -0.05) is 39.0 Å². The van der Waals surface area contributed by atoms with Gasteiger partial charge in [0.2, 0.25) is 0 Å². The first-order chi connectivity index (χ1) is 9.93. The molecule has 0 aliphatic rings. The zero-order valence-electron chi connectivity index (χ0n) is 12.9. The Hall–Kier alpha value is 0.903. The van der Waals surface area contributed by atoms with Crippen LogP contribution in [0.1, 0.15) is 38.2 Å². The fourth-order valence-corrected chi connectivity index (χ4v) is 1.33. The van der Waals surface area contributed by atoms with Crippen molar-refractivity contribution >= 4 is 37.1 Å². The van der Waals surface area contributed by atoms with Crippen LogP contribution in [0, 0.1) is 6.07 Å². The molecule has 0 radical (unpaired) electrons. The number of hydrogen-bond donors (Lipinski definition) is 6. The van der Waals surface area contributed by atoms with Gasteiger partial charge in [-0.05, 0) is 23.6 Å². The molecule has 11 heteroatoms. The third kappa shape index (κ3) is 45.1. The molecule has 0 aliphatic heterocycles. The second kappa shape index (κ2) is 16.4. The first-order valence-corrected chi connectivity index (χ1v) is 11.8. The first-order valence-electron chi connectivity index (χ1n) is 6.45. The van der Waals surface area contributed by atoms with Crippen LogP contribution in [0.25, 0.3) is 0 Å². The fourth-order valence-electron chi connectivity index (χ4n) is 1.33. The average Bonchev–Trinajstić information content (AvgIpc) is 2.32. The quantitative estimate of drug-likeness (QED) is 0.173. The monoisotopic (exact) mass is 453 g/mol. The van der Waals surface area contributed by atoms with Crippen LogP contribution in [0.3, 0.4) is 0 Å². The molecule has 0 saturated carbocycles. The van der Waals surface area contributed by atoms with E-state index in [1.165, 1.54) is 37.7 Å². The van der Waals surface area contributed by atoms with Crippen LogP contribution in [-0.4, -0.2) is 29.4 Å². The number of rotatable bonds is 5. The zero-order chi connectivity index (χ0) is 17.6. The summed E-state index contributed by atoms with van der Waals surface area (Å²) in [6.45, 7) is -5.37. The number of hydrogen-bond acceptors (Lipinski definition) is 2. The minimum atomic E-state index is -3.81. The Kier molecular flexibility index (Phi) is 20.4. The van der Waals surface area contributed by atoms with E-state index in [0.29, 0.717) is 0 Å². The fraction of sp³-hybridized carbons (Fsp3) is 0.500. The van der Waals surface area contributed by atoms with Gasteiger partial charge >= 0.3 is 13.4 Å². The van der Waals surface area contributed by atoms with Crippen LogP contribution in [0.15, 0.2) is 24.3 Å². The summed E-state index contributed by atoms with van der Waals surface area (Å²) in [5.41, 5.74) is 1.36. The largest absolute Gasteiger partial charge is 0.325 e. The van der Waals surface area contributed by atoms with Crippen molar-refractivity contribution in [3.05, 3.63) is 35.9 Å². The summed E-state index contributed by atoms with van der Waals surface area (Å²) in [7, 11) is 0. The molecule has 0 heterocycles. The molecule has 132 valence electrons. The van der Waals surface area contributed by atoms with Crippen molar-refractivity contribution in [2.45, 2.75) is 39.0 Å². The molecule has 0 aromatic heterocycles.